The van der Waals surface area contributed by atoms with Crippen LogP contribution in [-0.2, 0) is 16.0 Å². The molecule has 3 rings (SSSR count). The molecule has 0 aliphatic rings. The van der Waals surface area contributed by atoms with E-state index in [2.05, 4.69) is 15.6 Å². The van der Waals surface area contributed by atoms with Gasteiger partial charge in [-0.25, -0.2) is 4.98 Å². The molecule has 0 fully saturated rings. The molecule has 27 heavy (non-hydrogen) atoms. The Morgan fingerprint density at radius 2 is 1.81 bits per heavy atom. The normalized spacial score (nSPS) is 10.6. The van der Waals surface area contributed by atoms with E-state index in [-0.39, 0.29) is 12.3 Å². The number of aromatic nitrogens is 2. The zero-order valence-corrected chi connectivity index (χ0v) is 14.7. The first-order valence-electron chi connectivity index (χ1n) is 7.94. The van der Waals surface area contributed by atoms with Gasteiger partial charge < -0.3 is 20.1 Å². The van der Waals surface area contributed by atoms with Gasteiger partial charge in [-0.05, 0) is 36.4 Å². The number of nitrogens with zero attached hydrogens (tertiary/aromatic N) is 2. The fraction of sp³-hybridized carbons (Fsp3) is 0.111. The van der Waals surface area contributed by atoms with Gasteiger partial charge in [0, 0.05) is 23.6 Å². The SMILES string of the molecule is O=C(O)CNC(=O)c1ccc(NC(=O)Cc2cn3cc(Cl)ccc3n2)cc1. The average molecular weight is 387 g/mol. The molecule has 3 aromatic rings. The van der Waals surface area contributed by atoms with E-state index in [1.165, 1.54) is 12.1 Å². The Kier molecular flexibility index (Phi) is 5.37. The zero-order chi connectivity index (χ0) is 19.4. The maximum absolute atomic E-state index is 12.2. The van der Waals surface area contributed by atoms with Crippen LogP contribution in [0.4, 0.5) is 5.69 Å². The van der Waals surface area contributed by atoms with Crippen LogP contribution >= 0.6 is 11.6 Å². The first-order valence-corrected chi connectivity index (χ1v) is 8.31. The molecule has 0 atom stereocenters. The highest BCUT2D eigenvalue weighted by Gasteiger charge is 2.10. The van der Waals surface area contributed by atoms with Crippen LogP contribution in [0.1, 0.15) is 16.1 Å². The van der Waals surface area contributed by atoms with Gasteiger partial charge in [0.1, 0.15) is 12.2 Å². The lowest BCUT2D eigenvalue weighted by atomic mass is 10.2. The van der Waals surface area contributed by atoms with E-state index in [1.54, 1.807) is 41.1 Å². The summed E-state index contributed by atoms with van der Waals surface area (Å²) in [4.78, 5) is 38.8. The maximum Gasteiger partial charge on any atom is 0.322 e. The van der Waals surface area contributed by atoms with Crippen molar-refractivity contribution in [2.24, 2.45) is 0 Å². The molecule has 0 spiro atoms. The molecule has 2 heterocycles. The van der Waals surface area contributed by atoms with E-state index in [9.17, 15) is 14.4 Å². The van der Waals surface area contributed by atoms with Crippen molar-refractivity contribution < 1.29 is 19.5 Å². The quantitative estimate of drug-likeness (QED) is 0.599. The number of carboxylic acid groups (broad SMARTS) is 1. The summed E-state index contributed by atoms with van der Waals surface area (Å²) in [5, 5.41) is 14.1. The maximum atomic E-state index is 12.2. The number of benzene rings is 1. The highest BCUT2D eigenvalue weighted by Crippen LogP contribution is 2.13. The van der Waals surface area contributed by atoms with Crippen molar-refractivity contribution in [2.45, 2.75) is 6.42 Å². The van der Waals surface area contributed by atoms with Crippen LogP contribution in [0.5, 0.6) is 0 Å². The average Bonchev–Trinajstić information content (AvgIpc) is 3.01. The standard InChI is InChI=1S/C18H15ClN4O4/c19-12-3-6-15-21-14(10-23(15)9-12)7-16(24)22-13-4-1-11(2-5-13)18(27)20-8-17(25)26/h1-6,9-10H,7-8H2,(H,20,27)(H,22,24)(H,25,26). The largest absolute Gasteiger partial charge is 0.480 e. The summed E-state index contributed by atoms with van der Waals surface area (Å²) in [6.45, 7) is -0.457. The molecular formula is C18H15ClN4O4. The van der Waals surface area contributed by atoms with Crippen molar-refractivity contribution in [3.8, 4) is 0 Å². The van der Waals surface area contributed by atoms with Crippen LogP contribution < -0.4 is 10.6 Å². The number of aliphatic carboxylic acids is 1. The van der Waals surface area contributed by atoms with Crippen LogP contribution in [0, 0.1) is 0 Å². The fourth-order valence-electron chi connectivity index (χ4n) is 2.43. The number of anilines is 1. The highest BCUT2D eigenvalue weighted by atomic mass is 35.5. The van der Waals surface area contributed by atoms with Gasteiger partial charge in [-0.2, -0.15) is 0 Å². The van der Waals surface area contributed by atoms with Gasteiger partial charge in [0.15, 0.2) is 0 Å². The minimum Gasteiger partial charge on any atom is -0.480 e. The Balaban J connectivity index is 1.60. The molecule has 0 unspecified atom stereocenters. The molecule has 2 aromatic heterocycles. The molecule has 2 amide bonds. The molecule has 0 aliphatic heterocycles. The lowest BCUT2D eigenvalue weighted by Gasteiger charge is -2.06. The summed E-state index contributed by atoms with van der Waals surface area (Å²) < 4.78 is 1.75. The summed E-state index contributed by atoms with van der Waals surface area (Å²) >= 11 is 5.93. The van der Waals surface area contributed by atoms with Crippen molar-refractivity contribution in [1.29, 1.82) is 0 Å². The molecule has 1 aromatic carbocycles. The number of halogens is 1. The minimum atomic E-state index is -1.12. The Labute approximate surface area is 158 Å². The van der Waals surface area contributed by atoms with Gasteiger partial charge in [0.25, 0.3) is 5.91 Å². The number of fused-ring (bicyclic) bond motifs is 1. The Morgan fingerprint density at radius 1 is 1.07 bits per heavy atom. The Bertz CT molecular complexity index is 1010. The van der Waals surface area contributed by atoms with E-state index in [0.29, 0.717) is 27.6 Å². The minimum absolute atomic E-state index is 0.0835. The van der Waals surface area contributed by atoms with Crippen molar-refractivity contribution in [1.82, 2.24) is 14.7 Å². The van der Waals surface area contributed by atoms with Crippen molar-refractivity contribution in [2.75, 3.05) is 11.9 Å². The second kappa shape index (κ2) is 7.88. The third kappa shape index (κ3) is 4.83. The topological polar surface area (TPSA) is 113 Å². The first-order chi connectivity index (χ1) is 12.9. The number of rotatable bonds is 6. The van der Waals surface area contributed by atoms with Gasteiger partial charge in [-0.15, -0.1) is 0 Å². The molecule has 0 radical (unpaired) electrons. The number of imidazole rings is 1. The van der Waals surface area contributed by atoms with Crippen LogP contribution in [0.3, 0.4) is 0 Å². The Hall–Kier alpha value is -3.39. The van der Waals surface area contributed by atoms with Crippen LogP contribution in [0.15, 0.2) is 48.8 Å². The molecule has 0 aliphatic carbocycles. The van der Waals surface area contributed by atoms with E-state index in [0.717, 1.165) is 0 Å². The van der Waals surface area contributed by atoms with E-state index >= 15 is 0 Å². The summed E-state index contributed by atoms with van der Waals surface area (Å²) in [5.41, 5.74) is 2.10. The number of pyridine rings is 1. The number of carbonyl (C=O) groups excluding carboxylic acids is 2. The lowest BCUT2D eigenvalue weighted by molar-refractivity contribution is -0.135. The van der Waals surface area contributed by atoms with Crippen LogP contribution in [0.25, 0.3) is 5.65 Å². The summed E-state index contributed by atoms with van der Waals surface area (Å²) in [6.07, 6.45) is 3.52. The molecule has 138 valence electrons. The van der Waals surface area contributed by atoms with Gasteiger partial charge >= 0.3 is 5.97 Å². The highest BCUT2D eigenvalue weighted by molar-refractivity contribution is 6.30. The predicted molar refractivity (Wildman–Crippen MR) is 98.9 cm³/mol. The third-order valence-electron chi connectivity index (χ3n) is 3.64. The molecule has 0 saturated carbocycles. The zero-order valence-electron chi connectivity index (χ0n) is 14.0. The van der Waals surface area contributed by atoms with E-state index in [4.69, 9.17) is 16.7 Å². The van der Waals surface area contributed by atoms with Gasteiger partial charge in [-0.3, -0.25) is 14.4 Å². The third-order valence-corrected chi connectivity index (χ3v) is 3.86. The number of hydrogen-bond acceptors (Lipinski definition) is 4. The number of nitrogens with one attached hydrogen (secondary N) is 2. The van der Waals surface area contributed by atoms with Crippen molar-refractivity contribution >= 4 is 40.7 Å². The summed E-state index contributed by atoms with van der Waals surface area (Å²) in [5.74, 6) is -1.88. The smallest absolute Gasteiger partial charge is 0.322 e. The van der Waals surface area contributed by atoms with Crippen LogP contribution in [-0.4, -0.2) is 38.8 Å². The predicted octanol–water partition coefficient (Wildman–Crippen LogP) is 1.98. The van der Waals surface area contributed by atoms with Gasteiger partial charge in [0.2, 0.25) is 5.91 Å². The molecular weight excluding hydrogens is 372 g/mol. The second-order valence-electron chi connectivity index (χ2n) is 5.72. The molecule has 3 N–H and O–H groups in total. The van der Waals surface area contributed by atoms with E-state index < -0.39 is 18.4 Å². The van der Waals surface area contributed by atoms with Gasteiger partial charge in [0.05, 0.1) is 17.1 Å². The summed E-state index contributed by atoms with van der Waals surface area (Å²) in [6, 6.07) is 9.62. The summed E-state index contributed by atoms with van der Waals surface area (Å²) in [7, 11) is 0. The number of carboxylic acids is 1. The second-order valence-corrected chi connectivity index (χ2v) is 6.16. The number of amides is 2. The molecule has 8 nitrogen and oxygen atoms in total. The van der Waals surface area contributed by atoms with E-state index in [1.807, 2.05) is 0 Å². The number of carbonyl (C=O) groups is 3. The fourth-order valence-corrected chi connectivity index (χ4v) is 2.60. The van der Waals surface area contributed by atoms with Gasteiger partial charge in [-0.1, -0.05) is 11.6 Å². The van der Waals surface area contributed by atoms with Crippen LogP contribution in [0.2, 0.25) is 5.02 Å². The molecule has 0 saturated heterocycles. The molecule has 9 heteroatoms. The monoisotopic (exact) mass is 386 g/mol. The molecule has 0 bridgehead atoms. The van der Waals surface area contributed by atoms with Crippen molar-refractivity contribution in [3.05, 3.63) is 65.1 Å². The van der Waals surface area contributed by atoms with Crippen molar-refractivity contribution in [3.63, 3.8) is 0 Å². The first kappa shape index (κ1) is 18.4. The lowest BCUT2D eigenvalue weighted by Crippen LogP contribution is -2.29. The Morgan fingerprint density at radius 3 is 2.52 bits per heavy atom. The number of hydrogen-bond donors (Lipinski definition) is 3.